The van der Waals surface area contributed by atoms with Crippen molar-refractivity contribution in [3.8, 4) is 0 Å². The number of para-hydroxylation sites is 1. The summed E-state index contributed by atoms with van der Waals surface area (Å²) >= 11 is 0. The molecule has 1 unspecified atom stereocenters. The quantitative estimate of drug-likeness (QED) is 0.858. The standard InChI is InChI=1S/C15H19FN4O/c1-3-18-14-12(5-4-6-13(14)16)15(21)19-11(2)9-20-8-7-17-10-20/h4-8,10-11,18H,3,9H2,1-2H3,(H,19,21). The van der Waals surface area contributed by atoms with Gasteiger partial charge in [0.2, 0.25) is 0 Å². The van der Waals surface area contributed by atoms with Gasteiger partial charge in [0.05, 0.1) is 17.6 Å². The lowest BCUT2D eigenvalue weighted by molar-refractivity contribution is 0.0937. The molecule has 2 aromatic rings. The number of nitrogens with zero attached hydrogens (tertiary/aromatic N) is 2. The summed E-state index contributed by atoms with van der Waals surface area (Å²) in [5, 5.41) is 5.76. The molecule has 6 heteroatoms. The van der Waals surface area contributed by atoms with Crippen LogP contribution in [0.3, 0.4) is 0 Å². The van der Waals surface area contributed by atoms with Gasteiger partial charge < -0.3 is 15.2 Å². The molecule has 1 amide bonds. The zero-order valence-corrected chi connectivity index (χ0v) is 12.1. The average molecular weight is 290 g/mol. The van der Waals surface area contributed by atoms with E-state index in [0.29, 0.717) is 18.7 Å². The number of benzene rings is 1. The molecule has 1 atom stereocenters. The van der Waals surface area contributed by atoms with Crippen molar-refractivity contribution in [2.75, 3.05) is 11.9 Å². The highest BCUT2D eigenvalue weighted by atomic mass is 19.1. The maximum Gasteiger partial charge on any atom is 0.253 e. The minimum Gasteiger partial charge on any atom is -0.382 e. The predicted octanol–water partition coefficient (Wildman–Crippen LogP) is 2.27. The van der Waals surface area contributed by atoms with E-state index in [-0.39, 0.29) is 17.6 Å². The summed E-state index contributed by atoms with van der Waals surface area (Å²) < 4.78 is 15.7. The van der Waals surface area contributed by atoms with Gasteiger partial charge in [-0.2, -0.15) is 0 Å². The third-order valence-corrected chi connectivity index (χ3v) is 3.03. The molecule has 112 valence electrons. The van der Waals surface area contributed by atoms with Crippen molar-refractivity contribution in [3.05, 3.63) is 48.3 Å². The lowest BCUT2D eigenvalue weighted by Gasteiger charge is -2.16. The van der Waals surface area contributed by atoms with Crippen LogP contribution in [0.25, 0.3) is 0 Å². The third kappa shape index (κ3) is 3.81. The van der Waals surface area contributed by atoms with E-state index in [2.05, 4.69) is 15.6 Å². The number of hydrogen-bond acceptors (Lipinski definition) is 3. The largest absolute Gasteiger partial charge is 0.382 e. The molecule has 1 heterocycles. The maximum absolute atomic E-state index is 13.8. The van der Waals surface area contributed by atoms with Gasteiger partial charge in [-0.3, -0.25) is 4.79 Å². The number of imidazole rings is 1. The van der Waals surface area contributed by atoms with Crippen molar-refractivity contribution in [2.24, 2.45) is 0 Å². The van der Waals surface area contributed by atoms with Crippen LogP contribution in [-0.4, -0.2) is 28.0 Å². The molecule has 0 aliphatic heterocycles. The summed E-state index contributed by atoms with van der Waals surface area (Å²) in [6, 6.07) is 4.39. The van der Waals surface area contributed by atoms with E-state index in [4.69, 9.17) is 0 Å². The smallest absolute Gasteiger partial charge is 0.253 e. The molecule has 0 spiro atoms. The number of carbonyl (C=O) groups is 1. The van der Waals surface area contributed by atoms with E-state index in [1.807, 2.05) is 24.6 Å². The zero-order valence-electron chi connectivity index (χ0n) is 12.1. The van der Waals surface area contributed by atoms with Crippen molar-refractivity contribution in [3.63, 3.8) is 0 Å². The molecule has 0 radical (unpaired) electrons. The minimum atomic E-state index is -0.424. The molecular formula is C15H19FN4O. The minimum absolute atomic E-state index is 0.0931. The SMILES string of the molecule is CCNc1c(F)cccc1C(=O)NC(C)Cn1ccnc1. The van der Waals surface area contributed by atoms with Crippen LogP contribution in [0.5, 0.6) is 0 Å². The molecule has 0 saturated carbocycles. The van der Waals surface area contributed by atoms with Gasteiger partial charge in [0.1, 0.15) is 5.82 Å². The first-order valence-electron chi connectivity index (χ1n) is 6.90. The Morgan fingerprint density at radius 2 is 2.29 bits per heavy atom. The van der Waals surface area contributed by atoms with Crippen LogP contribution < -0.4 is 10.6 Å². The van der Waals surface area contributed by atoms with Crippen molar-refractivity contribution in [1.29, 1.82) is 0 Å². The fourth-order valence-corrected chi connectivity index (χ4v) is 2.13. The number of hydrogen-bond donors (Lipinski definition) is 2. The van der Waals surface area contributed by atoms with Gasteiger partial charge in [-0.25, -0.2) is 9.37 Å². The molecule has 5 nitrogen and oxygen atoms in total. The molecule has 1 aromatic heterocycles. The third-order valence-electron chi connectivity index (χ3n) is 3.03. The second-order valence-electron chi connectivity index (χ2n) is 4.83. The van der Waals surface area contributed by atoms with Gasteiger partial charge >= 0.3 is 0 Å². The van der Waals surface area contributed by atoms with Crippen LogP contribution in [0.1, 0.15) is 24.2 Å². The first kappa shape index (κ1) is 15.0. The lowest BCUT2D eigenvalue weighted by Crippen LogP contribution is -2.36. The second kappa shape index (κ2) is 6.88. The van der Waals surface area contributed by atoms with Gasteiger partial charge in [-0.15, -0.1) is 0 Å². The van der Waals surface area contributed by atoms with Crippen LogP contribution in [0.2, 0.25) is 0 Å². The lowest BCUT2D eigenvalue weighted by atomic mass is 10.1. The van der Waals surface area contributed by atoms with E-state index in [1.54, 1.807) is 18.6 Å². The summed E-state index contributed by atoms with van der Waals surface area (Å²) in [4.78, 5) is 16.2. The van der Waals surface area contributed by atoms with Gasteiger partial charge in [0.15, 0.2) is 0 Å². The van der Waals surface area contributed by atoms with Crippen LogP contribution in [0.15, 0.2) is 36.9 Å². The first-order chi connectivity index (χ1) is 10.1. The Labute approximate surface area is 123 Å². The molecule has 0 aliphatic rings. The maximum atomic E-state index is 13.8. The van der Waals surface area contributed by atoms with E-state index in [0.717, 1.165) is 0 Å². The Kier molecular flexibility index (Phi) is 4.92. The summed E-state index contributed by atoms with van der Waals surface area (Å²) in [7, 11) is 0. The topological polar surface area (TPSA) is 59.0 Å². The summed E-state index contributed by atoms with van der Waals surface area (Å²) in [6.45, 7) is 4.91. The Hall–Kier alpha value is -2.37. The van der Waals surface area contributed by atoms with Crippen LogP contribution in [-0.2, 0) is 6.54 Å². The molecule has 2 N–H and O–H groups in total. The highest BCUT2D eigenvalue weighted by Gasteiger charge is 2.16. The van der Waals surface area contributed by atoms with Crippen molar-refractivity contribution in [2.45, 2.75) is 26.4 Å². The van der Waals surface area contributed by atoms with Gasteiger partial charge in [0, 0.05) is 31.5 Å². The average Bonchev–Trinajstić information content (AvgIpc) is 2.93. The van der Waals surface area contributed by atoms with Crippen molar-refractivity contribution < 1.29 is 9.18 Å². The Balaban J connectivity index is 2.07. The number of aromatic nitrogens is 2. The van der Waals surface area contributed by atoms with Crippen LogP contribution in [0, 0.1) is 5.82 Å². The summed E-state index contributed by atoms with van der Waals surface area (Å²) in [5.41, 5.74) is 0.557. The molecule has 2 rings (SSSR count). The van der Waals surface area contributed by atoms with E-state index >= 15 is 0 Å². The second-order valence-corrected chi connectivity index (χ2v) is 4.83. The molecule has 1 aromatic carbocycles. The Morgan fingerprint density at radius 1 is 1.48 bits per heavy atom. The molecular weight excluding hydrogens is 271 g/mol. The summed E-state index contributed by atoms with van der Waals surface area (Å²) in [5.74, 6) is -0.718. The predicted molar refractivity (Wildman–Crippen MR) is 79.7 cm³/mol. The number of rotatable bonds is 6. The normalized spacial score (nSPS) is 12.0. The van der Waals surface area contributed by atoms with Gasteiger partial charge in [-0.05, 0) is 26.0 Å². The number of halogens is 1. The van der Waals surface area contributed by atoms with E-state index in [9.17, 15) is 9.18 Å². The number of anilines is 1. The fraction of sp³-hybridized carbons (Fsp3) is 0.333. The molecule has 0 aliphatic carbocycles. The van der Waals surface area contributed by atoms with Crippen molar-refractivity contribution in [1.82, 2.24) is 14.9 Å². The van der Waals surface area contributed by atoms with Gasteiger partial charge in [0.25, 0.3) is 5.91 Å². The van der Waals surface area contributed by atoms with Crippen LogP contribution in [0.4, 0.5) is 10.1 Å². The molecule has 0 fully saturated rings. The fourth-order valence-electron chi connectivity index (χ4n) is 2.13. The number of carbonyl (C=O) groups excluding carboxylic acids is 1. The summed E-state index contributed by atoms with van der Waals surface area (Å²) in [6.07, 6.45) is 5.20. The van der Waals surface area contributed by atoms with Crippen molar-refractivity contribution >= 4 is 11.6 Å². The molecule has 0 bridgehead atoms. The monoisotopic (exact) mass is 290 g/mol. The zero-order chi connectivity index (χ0) is 15.2. The number of nitrogens with one attached hydrogen (secondary N) is 2. The highest BCUT2D eigenvalue weighted by Crippen LogP contribution is 2.19. The Bertz CT molecular complexity index is 598. The van der Waals surface area contributed by atoms with Crippen LogP contribution >= 0.6 is 0 Å². The van der Waals surface area contributed by atoms with E-state index in [1.165, 1.54) is 12.1 Å². The highest BCUT2D eigenvalue weighted by molar-refractivity contribution is 5.99. The van der Waals surface area contributed by atoms with Gasteiger partial charge in [-0.1, -0.05) is 6.07 Å². The Morgan fingerprint density at radius 3 is 2.95 bits per heavy atom. The van der Waals surface area contributed by atoms with E-state index < -0.39 is 5.82 Å². The number of amides is 1. The molecule has 0 saturated heterocycles. The molecule has 21 heavy (non-hydrogen) atoms. The first-order valence-corrected chi connectivity index (χ1v) is 6.90.